The van der Waals surface area contributed by atoms with Crippen molar-refractivity contribution < 1.29 is 14.0 Å². The zero-order chi connectivity index (χ0) is 18.1. The Bertz CT molecular complexity index is 768. The molecule has 2 N–H and O–H groups in total. The van der Waals surface area contributed by atoms with Gasteiger partial charge in [0.15, 0.2) is 0 Å². The van der Waals surface area contributed by atoms with Crippen molar-refractivity contribution >= 4 is 11.4 Å². The predicted octanol–water partition coefficient (Wildman–Crippen LogP) is 3.64. The fraction of sp³-hybridized carbons (Fsp3) is 0.400. The molecule has 0 radical (unpaired) electrons. The van der Waals surface area contributed by atoms with Crippen molar-refractivity contribution in [1.29, 1.82) is 0 Å². The molecule has 6 heteroatoms. The van der Waals surface area contributed by atoms with Gasteiger partial charge >= 0.3 is 0 Å². The molecule has 2 aromatic carbocycles. The van der Waals surface area contributed by atoms with Crippen LogP contribution in [0.25, 0.3) is 0 Å². The van der Waals surface area contributed by atoms with Gasteiger partial charge in [-0.1, -0.05) is 0 Å². The van der Waals surface area contributed by atoms with Crippen molar-refractivity contribution in [1.82, 2.24) is 10.4 Å². The van der Waals surface area contributed by atoms with Gasteiger partial charge in [0.1, 0.15) is 11.6 Å². The number of likely N-dealkylation sites (tertiary alicyclic amines) is 1. The number of hydrogen-bond acceptors (Lipinski definition) is 4. The summed E-state index contributed by atoms with van der Waals surface area (Å²) in [7, 11) is 0. The van der Waals surface area contributed by atoms with Crippen LogP contribution in [0.5, 0.6) is 0 Å². The van der Waals surface area contributed by atoms with Crippen molar-refractivity contribution in [3.05, 3.63) is 59.7 Å². The minimum Gasteiger partial charge on any atom is -0.337 e. The van der Waals surface area contributed by atoms with Gasteiger partial charge < -0.3 is 15.0 Å². The summed E-state index contributed by atoms with van der Waals surface area (Å²) < 4.78 is 27.3. The lowest BCUT2D eigenvalue weighted by molar-refractivity contribution is 0.149. The zero-order valence-electron chi connectivity index (χ0n) is 14.5. The van der Waals surface area contributed by atoms with Gasteiger partial charge in [-0.15, -0.1) is 0 Å². The van der Waals surface area contributed by atoms with Crippen molar-refractivity contribution in [2.75, 3.05) is 31.1 Å². The largest absolute Gasteiger partial charge is 0.337 e. The molecule has 26 heavy (non-hydrogen) atoms. The Labute approximate surface area is 152 Å². The Morgan fingerprint density at radius 3 is 2.62 bits per heavy atom. The van der Waals surface area contributed by atoms with Gasteiger partial charge in [0.05, 0.1) is 0 Å². The number of nitrogens with zero attached hydrogens (tertiary/aromatic N) is 2. The molecular weight excluding hydrogens is 336 g/mol. The van der Waals surface area contributed by atoms with E-state index in [0.717, 1.165) is 49.4 Å². The maximum Gasteiger partial charge on any atom is 0.123 e. The summed E-state index contributed by atoms with van der Waals surface area (Å²) in [5.41, 5.74) is 5.20. The molecule has 2 aromatic rings. The zero-order valence-corrected chi connectivity index (χ0v) is 14.5. The molecule has 2 aliphatic heterocycles. The molecule has 0 aliphatic carbocycles. The summed E-state index contributed by atoms with van der Waals surface area (Å²) in [5.74, 6) is -0.247. The molecule has 0 aromatic heterocycles. The van der Waals surface area contributed by atoms with E-state index >= 15 is 0 Å². The van der Waals surface area contributed by atoms with E-state index in [2.05, 4.69) is 15.3 Å². The molecule has 1 saturated heterocycles. The summed E-state index contributed by atoms with van der Waals surface area (Å²) in [6, 6.07) is 11.8. The smallest absolute Gasteiger partial charge is 0.123 e. The fourth-order valence-corrected chi connectivity index (χ4v) is 4.36. The van der Waals surface area contributed by atoms with Gasteiger partial charge in [0.2, 0.25) is 0 Å². The van der Waals surface area contributed by atoms with E-state index in [0.29, 0.717) is 6.54 Å². The Morgan fingerprint density at radius 1 is 1.08 bits per heavy atom. The van der Waals surface area contributed by atoms with Gasteiger partial charge in [-0.25, -0.2) is 14.3 Å². The predicted molar refractivity (Wildman–Crippen MR) is 96.9 cm³/mol. The number of hydrogen-bond donors (Lipinski definition) is 2. The van der Waals surface area contributed by atoms with Crippen LogP contribution >= 0.6 is 0 Å². The monoisotopic (exact) mass is 359 g/mol. The van der Waals surface area contributed by atoms with Gasteiger partial charge in [0.25, 0.3) is 0 Å². The maximum atomic E-state index is 13.9. The Kier molecular flexibility index (Phi) is 4.89. The second kappa shape index (κ2) is 7.31. The van der Waals surface area contributed by atoms with Crippen molar-refractivity contribution in [3.8, 4) is 0 Å². The van der Waals surface area contributed by atoms with Crippen LogP contribution in [0.1, 0.15) is 24.3 Å². The van der Waals surface area contributed by atoms with Gasteiger partial charge in [-0.05, 0) is 67.4 Å². The molecule has 2 aliphatic rings. The number of hydroxylamine groups is 1. The van der Waals surface area contributed by atoms with Crippen molar-refractivity contribution in [3.63, 3.8) is 0 Å². The number of halogens is 2. The third-order valence-electron chi connectivity index (χ3n) is 5.51. The Morgan fingerprint density at radius 2 is 1.85 bits per heavy atom. The van der Waals surface area contributed by atoms with Gasteiger partial charge in [0, 0.05) is 43.0 Å². The second-order valence-corrected chi connectivity index (χ2v) is 7.07. The standard InChI is InChI=1S/C20H23F2N3O/c21-14-2-5-16(6-3-14)25-19-7-4-15(22)12-17(19)18-13-24(10-1-9-23-26)11-8-20(18)25/h2-7,12,18,20,23,26H,1,8-11,13H2/t18-,20+/m0/s1. The third kappa shape index (κ3) is 3.20. The summed E-state index contributed by atoms with van der Waals surface area (Å²) in [6.07, 6.45) is 1.83. The molecular formula is C20H23F2N3O. The topological polar surface area (TPSA) is 38.7 Å². The number of fused-ring (bicyclic) bond motifs is 3. The van der Waals surface area contributed by atoms with E-state index in [-0.39, 0.29) is 23.6 Å². The average Bonchev–Trinajstić information content (AvgIpc) is 2.96. The van der Waals surface area contributed by atoms with E-state index in [4.69, 9.17) is 5.21 Å². The second-order valence-electron chi connectivity index (χ2n) is 7.07. The lowest BCUT2D eigenvalue weighted by atomic mass is 9.89. The molecule has 0 saturated carbocycles. The van der Waals surface area contributed by atoms with E-state index in [1.54, 1.807) is 18.2 Å². The molecule has 4 rings (SSSR count). The third-order valence-corrected chi connectivity index (χ3v) is 5.51. The van der Waals surface area contributed by atoms with Gasteiger partial charge in [-0.2, -0.15) is 0 Å². The number of anilines is 2. The van der Waals surface area contributed by atoms with Crippen LogP contribution in [0.2, 0.25) is 0 Å². The summed E-state index contributed by atoms with van der Waals surface area (Å²) in [5, 5.41) is 8.74. The molecule has 2 atom stereocenters. The van der Waals surface area contributed by atoms with Crippen LogP contribution in [0, 0.1) is 11.6 Å². The molecule has 1 fully saturated rings. The van der Waals surface area contributed by atoms with E-state index in [1.807, 2.05) is 6.07 Å². The van der Waals surface area contributed by atoms with E-state index in [1.165, 1.54) is 18.2 Å². The highest BCUT2D eigenvalue weighted by atomic mass is 19.1. The normalized spacial score (nSPS) is 22.3. The molecule has 2 heterocycles. The quantitative estimate of drug-likeness (QED) is 0.631. The summed E-state index contributed by atoms with van der Waals surface area (Å²) >= 11 is 0. The maximum absolute atomic E-state index is 13.9. The lowest BCUT2D eigenvalue weighted by Crippen LogP contribution is -2.45. The number of piperidine rings is 1. The lowest BCUT2D eigenvalue weighted by Gasteiger charge is -2.39. The highest BCUT2D eigenvalue weighted by Crippen LogP contribution is 2.48. The molecule has 0 bridgehead atoms. The van der Waals surface area contributed by atoms with Crippen LogP contribution in [-0.2, 0) is 0 Å². The summed E-state index contributed by atoms with van der Waals surface area (Å²) in [4.78, 5) is 4.62. The van der Waals surface area contributed by atoms with Crippen molar-refractivity contribution in [2.24, 2.45) is 0 Å². The molecule has 4 nitrogen and oxygen atoms in total. The van der Waals surface area contributed by atoms with Crippen LogP contribution < -0.4 is 10.4 Å². The van der Waals surface area contributed by atoms with E-state index < -0.39 is 0 Å². The minimum atomic E-state index is -0.254. The van der Waals surface area contributed by atoms with E-state index in [9.17, 15) is 8.78 Å². The SMILES string of the molecule is ONCCCN1CC[C@@H]2[C@@H](C1)c1cc(F)ccc1N2c1ccc(F)cc1. The summed E-state index contributed by atoms with van der Waals surface area (Å²) in [6.45, 7) is 3.29. The molecule has 0 unspecified atom stereocenters. The molecule has 138 valence electrons. The Hall–Kier alpha value is -2.02. The Balaban J connectivity index is 1.64. The first-order chi connectivity index (χ1) is 12.7. The average molecular weight is 359 g/mol. The molecule has 0 amide bonds. The van der Waals surface area contributed by atoms with Crippen LogP contribution in [0.3, 0.4) is 0 Å². The van der Waals surface area contributed by atoms with Crippen LogP contribution in [-0.4, -0.2) is 42.3 Å². The number of benzene rings is 2. The first-order valence-electron chi connectivity index (χ1n) is 9.11. The van der Waals surface area contributed by atoms with Crippen LogP contribution in [0.4, 0.5) is 20.2 Å². The van der Waals surface area contributed by atoms with Crippen LogP contribution in [0.15, 0.2) is 42.5 Å². The number of rotatable bonds is 5. The first kappa shape index (κ1) is 17.4. The first-order valence-corrected chi connectivity index (χ1v) is 9.11. The fourth-order valence-electron chi connectivity index (χ4n) is 4.36. The molecule has 0 spiro atoms. The number of nitrogens with one attached hydrogen (secondary N) is 1. The highest BCUT2D eigenvalue weighted by Gasteiger charge is 2.42. The highest BCUT2D eigenvalue weighted by molar-refractivity contribution is 5.73. The minimum absolute atomic E-state index is 0.218. The van der Waals surface area contributed by atoms with Crippen molar-refractivity contribution in [2.45, 2.75) is 24.8 Å². The van der Waals surface area contributed by atoms with Gasteiger partial charge in [-0.3, -0.25) is 0 Å².